The maximum Gasteiger partial charge on any atom is 0.211 e. The molecule has 22 heavy (non-hydrogen) atoms. The van der Waals surface area contributed by atoms with Crippen molar-refractivity contribution in [3.8, 4) is 22.4 Å². The maximum absolute atomic E-state index is 4.26. The summed E-state index contributed by atoms with van der Waals surface area (Å²) in [7, 11) is 0. The zero-order valence-corrected chi connectivity index (χ0v) is 12.7. The third-order valence-electron chi connectivity index (χ3n) is 4.22. The van der Waals surface area contributed by atoms with Crippen molar-refractivity contribution in [2.75, 3.05) is 0 Å². The van der Waals surface area contributed by atoms with Crippen LogP contribution in [0.2, 0.25) is 0 Å². The number of nitrogens with one attached hydrogen (secondary N) is 1. The molecule has 0 unspecified atom stereocenters. The van der Waals surface area contributed by atoms with Crippen LogP contribution >= 0.6 is 0 Å². The summed E-state index contributed by atoms with van der Waals surface area (Å²) in [5.41, 5.74) is 7.40. The number of fused-ring (bicyclic) bond motifs is 1. The molecule has 4 rings (SSSR count). The lowest BCUT2D eigenvalue weighted by Gasteiger charge is -2.06. The molecule has 108 valence electrons. The van der Waals surface area contributed by atoms with E-state index in [9.17, 15) is 0 Å². The Labute approximate surface area is 129 Å². The average Bonchev–Trinajstić information content (AvgIpc) is 3.12. The Morgan fingerprint density at radius 1 is 0.864 bits per heavy atom. The zero-order chi connectivity index (χ0) is 15.1. The van der Waals surface area contributed by atoms with Crippen molar-refractivity contribution >= 4 is 5.78 Å². The second kappa shape index (κ2) is 4.88. The van der Waals surface area contributed by atoms with E-state index in [1.165, 1.54) is 22.3 Å². The number of benzene rings is 2. The highest BCUT2D eigenvalue weighted by Gasteiger charge is 2.05. The van der Waals surface area contributed by atoms with Crippen molar-refractivity contribution in [2.24, 2.45) is 0 Å². The van der Waals surface area contributed by atoms with Crippen molar-refractivity contribution in [1.82, 2.24) is 14.4 Å². The van der Waals surface area contributed by atoms with Crippen LogP contribution in [0, 0.1) is 13.8 Å². The minimum Gasteiger partial charge on any atom is -0.324 e. The predicted octanol–water partition coefficient (Wildman–Crippen LogP) is 4.61. The summed E-state index contributed by atoms with van der Waals surface area (Å²) in [5.74, 6) is 0.869. The molecule has 1 N–H and O–H groups in total. The topological polar surface area (TPSA) is 33.1 Å². The number of aryl methyl sites for hydroxylation is 2. The van der Waals surface area contributed by atoms with Gasteiger partial charge in [0.25, 0.3) is 0 Å². The molecule has 0 spiro atoms. The Morgan fingerprint density at radius 2 is 1.59 bits per heavy atom. The van der Waals surface area contributed by atoms with E-state index in [0.717, 1.165) is 17.0 Å². The molecule has 0 saturated heterocycles. The fraction of sp³-hybridized carbons (Fsp3) is 0.105. The Bertz CT molecular complexity index is 914. The van der Waals surface area contributed by atoms with Crippen LogP contribution in [0.15, 0.2) is 61.1 Å². The van der Waals surface area contributed by atoms with Gasteiger partial charge in [-0.05, 0) is 41.7 Å². The van der Waals surface area contributed by atoms with Gasteiger partial charge in [-0.1, -0.05) is 42.5 Å². The third-order valence-corrected chi connectivity index (χ3v) is 4.22. The molecule has 3 nitrogen and oxygen atoms in total. The standard InChI is InChI=1S/C19H17N3/c1-13-3-4-17(11-14(13)2)15-5-7-16(8-6-15)18-12-22-10-9-20-19(22)21-18/h3-12H,1-2H3,(H,20,21). The number of rotatable bonds is 2. The fourth-order valence-corrected chi connectivity index (χ4v) is 2.72. The molecular weight excluding hydrogens is 270 g/mol. The number of aromatic nitrogens is 3. The molecule has 0 fully saturated rings. The summed E-state index contributed by atoms with van der Waals surface area (Å²) in [6.07, 6.45) is 5.80. The molecule has 0 radical (unpaired) electrons. The van der Waals surface area contributed by atoms with E-state index in [-0.39, 0.29) is 0 Å². The summed E-state index contributed by atoms with van der Waals surface area (Å²) in [4.78, 5) is 7.57. The van der Waals surface area contributed by atoms with E-state index in [4.69, 9.17) is 0 Å². The van der Waals surface area contributed by atoms with Crippen LogP contribution in [0.3, 0.4) is 0 Å². The van der Waals surface area contributed by atoms with Crippen LogP contribution < -0.4 is 0 Å². The molecule has 2 aromatic heterocycles. The highest BCUT2D eigenvalue weighted by atomic mass is 15.1. The maximum atomic E-state index is 4.26. The van der Waals surface area contributed by atoms with E-state index in [2.05, 4.69) is 72.5 Å². The van der Waals surface area contributed by atoms with Gasteiger partial charge in [0.2, 0.25) is 5.78 Å². The molecule has 0 saturated carbocycles. The van der Waals surface area contributed by atoms with Crippen molar-refractivity contribution in [1.29, 1.82) is 0 Å². The largest absolute Gasteiger partial charge is 0.324 e. The number of aromatic amines is 1. The van der Waals surface area contributed by atoms with Gasteiger partial charge in [-0.2, -0.15) is 0 Å². The van der Waals surface area contributed by atoms with Gasteiger partial charge in [0, 0.05) is 18.6 Å². The first-order valence-corrected chi connectivity index (χ1v) is 7.40. The Balaban J connectivity index is 1.70. The van der Waals surface area contributed by atoms with Gasteiger partial charge in [0.1, 0.15) is 0 Å². The van der Waals surface area contributed by atoms with Gasteiger partial charge >= 0.3 is 0 Å². The monoisotopic (exact) mass is 287 g/mol. The van der Waals surface area contributed by atoms with E-state index >= 15 is 0 Å². The molecule has 3 heteroatoms. The summed E-state index contributed by atoms with van der Waals surface area (Å²) in [6, 6.07) is 15.2. The van der Waals surface area contributed by atoms with Crippen molar-refractivity contribution in [3.63, 3.8) is 0 Å². The number of hydrogen-bond acceptors (Lipinski definition) is 1. The molecular formula is C19H17N3. The minimum absolute atomic E-state index is 0.869. The van der Waals surface area contributed by atoms with Crippen molar-refractivity contribution < 1.29 is 0 Å². The van der Waals surface area contributed by atoms with Gasteiger partial charge in [-0.15, -0.1) is 0 Å². The van der Waals surface area contributed by atoms with Crippen LogP contribution in [0.4, 0.5) is 0 Å². The lowest BCUT2D eigenvalue weighted by molar-refractivity contribution is 1.21. The molecule has 2 aromatic carbocycles. The smallest absolute Gasteiger partial charge is 0.211 e. The molecule has 0 bridgehead atoms. The highest BCUT2D eigenvalue weighted by molar-refractivity contribution is 5.70. The third kappa shape index (κ3) is 2.11. The first kappa shape index (κ1) is 12.9. The Morgan fingerprint density at radius 3 is 2.32 bits per heavy atom. The Kier molecular flexibility index (Phi) is 2.86. The molecule has 4 aromatic rings. The second-order valence-corrected chi connectivity index (χ2v) is 5.70. The molecule has 0 amide bonds. The quantitative estimate of drug-likeness (QED) is 0.573. The van der Waals surface area contributed by atoms with E-state index in [1.54, 1.807) is 6.20 Å². The predicted molar refractivity (Wildman–Crippen MR) is 89.9 cm³/mol. The van der Waals surface area contributed by atoms with Crippen LogP contribution in [0.1, 0.15) is 11.1 Å². The summed E-state index contributed by atoms with van der Waals surface area (Å²) < 4.78 is 1.99. The number of hydrogen-bond donors (Lipinski definition) is 1. The van der Waals surface area contributed by atoms with Crippen LogP contribution in [-0.4, -0.2) is 14.4 Å². The van der Waals surface area contributed by atoms with Crippen LogP contribution in [-0.2, 0) is 0 Å². The summed E-state index contributed by atoms with van der Waals surface area (Å²) >= 11 is 0. The number of imidazole rings is 2. The fourth-order valence-electron chi connectivity index (χ4n) is 2.72. The van der Waals surface area contributed by atoms with Gasteiger partial charge in [-0.3, -0.25) is 4.40 Å². The van der Waals surface area contributed by atoms with E-state index < -0.39 is 0 Å². The zero-order valence-electron chi connectivity index (χ0n) is 12.7. The summed E-state index contributed by atoms with van der Waals surface area (Å²) in [5, 5.41) is 0. The highest BCUT2D eigenvalue weighted by Crippen LogP contribution is 2.26. The van der Waals surface area contributed by atoms with Gasteiger partial charge in [0.15, 0.2) is 0 Å². The Hall–Kier alpha value is -2.81. The minimum atomic E-state index is 0.869. The molecule has 0 aliphatic heterocycles. The second-order valence-electron chi connectivity index (χ2n) is 5.70. The van der Waals surface area contributed by atoms with Gasteiger partial charge in [-0.25, -0.2) is 4.98 Å². The molecule has 2 heterocycles. The van der Waals surface area contributed by atoms with Crippen LogP contribution in [0.5, 0.6) is 0 Å². The van der Waals surface area contributed by atoms with Gasteiger partial charge in [0.05, 0.1) is 5.69 Å². The van der Waals surface area contributed by atoms with Crippen molar-refractivity contribution in [3.05, 3.63) is 72.2 Å². The normalized spacial score (nSPS) is 11.2. The molecule has 0 aliphatic carbocycles. The molecule has 0 atom stereocenters. The lowest BCUT2D eigenvalue weighted by Crippen LogP contribution is -1.84. The SMILES string of the molecule is Cc1ccc(-c2ccc(-c3cn4ccnc4[nH]3)cc2)cc1C. The first-order chi connectivity index (χ1) is 10.7. The number of H-pyrrole nitrogens is 1. The summed E-state index contributed by atoms with van der Waals surface area (Å²) in [6.45, 7) is 4.30. The van der Waals surface area contributed by atoms with E-state index in [0.29, 0.717) is 0 Å². The lowest BCUT2D eigenvalue weighted by atomic mass is 9.99. The molecule has 0 aliphatic rings. The number of nitrogens with zero attached hydrogens (tertiary/aromatic N) is 2. The van der Waals surface area contributed by atoms with Gasteiger partial charge < -0.3 is 4.98 Å². The van der Waals surface area contributed by atoms with Crippen molar-refractivity contribution in [2.45, 2.75) is 13.8 Å². The van der Waals surface area contributed by atoms with E-state index in [1.807, 2.05) is 10.6 Å². The van der Waals surface area contributed by atoms with Crippen LogP contribution in [0.25, 0.3) is 28.2 Å². The first-order valence-electron chi connectivity index (χ1n) is 7.40. The average molecular weight is 287 g/mol.